The highest BCUT2D eigenvalue weighted by Crippen LogP contribution is 2.16. The van der Waals surface area contributed by atoms with Crippen LogP contribution in [0.5, 0.6) is 0 Å². The first-order valence-electron chi connectivity index (χ1n) is 7.25. The quantitative estimate of drug-likeness (QED) is 0.707. The molecule has 2 aromatic heterocycles. The second-order valence-electron chi connectivity index (χ2n) is 5.24. The predicted molar refractivity (Wildman–Crippen MR) is 85.9 cm³/mol. The lowest BCUT2D eigenvalue weighted by atomic mass is 10.2. The van der Waals surface area contributed by atoms with Gasteiger partial charge in [0.1, 0.15) is 19.2 Å². The van der Waals surface area contributed by atoms with Crippen LogP contribution in [0.4, 0.5) is 0 Å². The molecule has 0 spiro atoms. The van der Waals surface area contributed by atoms with Crippen molar-refractivity contribution >= 4 is 17.5 Å². The lowest BCUT2D eigenvalue weighted by Gasteiger charge is -2.12. The maximum absolute atomic E-state index is 12.0. The van der Waals surface area contributed by atoms with Crippen molar-refractivity contribution in [2.75, 3.05) is 0 Å². The van der Waals surface area contributed by atoms with Crippen molar-refractivity contribution in [1.29, 1.82) is 0 Å². The Morgan fingerprint density at radius 3 is 2.83 bits per heavy atom. The maximum Gasteiger partial charge on any atom is 0.243 e. The van der Waals surface area contributed by atoms with E-state index < -0.39 is 0 Å². The Balaban J connectivity index is 1.56. The molecule has 0 fully saturated rings. The zero-order chi connectivity index (χ0) is 16.9. The molecule has 24 heavy (non-hydrogen) atoms. The third-order valence-electron chi connectivity index (χ3n) is 3.18. The largest absolute Gasteiger partial charge is 0.350 e. The van der Waals surface area contributed by atoms with E-state index in [4.69, 9.17) is 11.6 Å². The molecule has 3 aromatic rings. The molecule has 0 aliphatic heterocycles. The zero-order valence-corrected chi connectivity index (χ0v) is 13.6. The van der Waals surface area contributed by atoms with E-state index in [-0.39, 0.29) is 18.5 Å². The fraction of sp³-hybridized carbons (Fsp3) is 0.286. The predicted octanol–water partition coefficient (Wildman–Crippen LogP) is 0.790. The summed E-state index contributed by atoms with van der Waals surface area (Å²) < 4.78 is 1.65. The normalized spacial score (nSPS) is 12.1. The number of amides is 1. The molecule has 0 radical (unpaired) electrons. The highest BCUT2D eigenvalue weighted by atomic mass is 35.5. The van der Waals surface area contributed by atoms with E-state index in [1.54, 1.807) is 35.3 Å². The number of aromatic nitrogens is 7. The smallest absolute Gasteiger partial charge is 0.243 e. The number of rotatable bonds is 6. The van der Waals surface area contributed by atoms with Gasteiger partial charge in [-0.1, -0.05) is 11.6 Å². The third-order valence-corrected chi connectivity index (χ3v) is 3.43. The summed E-state index contributed by atoms with van der Waals surface area (Å²) >= 11 is 5.85. The second kappa shape index (κ2) is 7.18. The molecular formula is C14H15ClN8O. The van der Waals surface area contributed by atoms with E-state index in [0.717, 1.165) is 5.56 Å². The minimum Gasteiger partial charge on any atom is -0.350 e. The molecule has 0 aliphatic carbocycles. The Labute approximate surface area is 142 Å². The monoisotopic (exact) mass is 346 g/mol. The summed E-state index contributed by atoms with van der Waals surface area (Å²) in [5.74, 6) is 0.234. The van der Waals surface area contributed by atoms with Gasteiger partial charge in [-0.2, -0.15) is 9.90 Å². The molecule has 1 unspecified atom stereocenters. The number of carbonyl (C=O) groups excluding carboxylic acids is 1. The Morgan fingerprint density at radius 2 is 2.12 bits per heavy atom. The molecule has 124 valence electrons. The van der Waals surface area contributed by atoms with E-state index in [2.05, 4.69) is 30.8 Å². The van der Waals surface area contributed by atoms with E-state index >= 15 is 0 Å². The van der Waals surface area contributed by atoms with Crippen molar-refractivity contribution < 1.29 is 4.79 Å². The molecule has 3 rings (SSSR count). The lowest BCUT2D eigenvalue weighted by Crippen LogP contribution is -2.38. The first-order valence-corrected chi connectivity index (χ1v) is 7.63. The standard InChI is InChI=1S/C14H15ClN8O/c1-10(6-22-9-16-8-17-22)18-13(24)7-23-20-14(19-21-23)11-2-4-12(15)5-3-11/h2-5,8-10H,6-7H2,1H3,(H,18,24). The van der Waals surface area contributed by atoms with Gasteiger partial charge in [0.05, 0.1) is 6.54 Å². The van der Waals surface area contributed by atoms with Gasteiger partial charge >= 0.3 is 0 Å². The number of halogens is 1. The highest BCUT2D eigenvalue weighted by molar-refractivity contribution is 6.30. The maximum atomic E-state index is 12.0. The summed E-state index contributed by atoms with van der Waals surface area (Å²) in [6, 6.07) is 6.98. The van der Waals surface area contributed by atoms with Crippen molar-refractivity contribution in [2.24, 2.45) is 0 Å². The van der Waals surface area contributed by atoms with Crippen molar-refractivity contribution in [2.45, 2.75) is 26.1 Å². The minimum atomic E-state index is -0.206. The molecule has 0 saturated heterocycles. The molecule has 2 heterocycles. The summed E-state index contributed by atoms with van der Waals surface area (Å²) in [6.07, 6.45) is 3.05. The van der Waals surface area contributed by atoms with Gasteiger partial charge in [-0.3, -0.25) is 9.48 Å². The minimum absolute atomic E-state index is 0.0116. The number of nitrogens with zero attached hydrogens (tertiary/aromatic N) is 7. The summed E-state index contributed by atoms with van der Waals surface area (Å²) in [4.78, 5) is 17.1. The molecule has 0 aliphatic rings. The van der Waals surface area contributed by atoms with Crippen molar-refractivity contribution in [3.05, 3.63) is 41.9 Å². The van der Waals surface area contributed by atoms with Crippen LogP contribution in [0.25, 0.3) is 11.4 Å². The molecule has 1 atom stereocenters. The van der Waals surface area contributed by atoms with Crippen LogP contribution in [0, 0.1) is 0 Å². The number of carbonyl (C=O) groups is 1. The van der Waals surface area contributed by atoms with E-state index in [1.165, 1.54) is 11.1 Å². The average Bonchev–Trinajstić information content (AvgIpc) is 3.19. The van der Waals surface area contributed by atoms with Crippen LogP contribution in [-0.4, -0.2) is 46.9 Å². The first-order chi connectivity index (χ1) is 11.6. The van der Waals surface area contributed by atoms with Gasteiger partial charge in [-0.05, 0) is 36.4 Å². The molecule has 1 amide bonds. The Morgan fingerprint density at radius 1 is 1.33 bits per heavy atom. The number of nitrogens with one attached hydrogen (secondary N) is 1. The summed E-state index contributed by atoms with van der Waals surface area (Å²) in [5.41, 5.74) is 0.783. The zero-order valence-electron chi connectivity index (χ0n) is 12.9. The second-order valence-corrected chi connectivity index (χ2v) is 5.67. The SMILES string of the molecule is CC(Cn1cncn1)NC(=O)Cn1nnc(-c2ccc(Cl)cc2)n1. The number of hydrogen-bond acceptors (Lipinski definition) is 6. The van der Waals surface area contributed by atoms with E-state index in [0.29, 0.717) is 17.4 Å². The van der Waals surface area contributed by atoms with Crippen molar-refractivity contribution in [3.8, 4) is 11.4 Å². The van der Waals surface area contributed by atoms with Crippen LogP contribution in [0.3, 0.4) is 0 Å². The van der Waals surface area contributed by atoms with Gasteiger partial charge < -0.3 is 5.32 Å². The van der Waals surface area contributed by atoms with Gasteiger partial charge in [0.2, 0.25) is 11.7 Å². The Kier molecular flexibility index (Phi) is 4.80. The molecule has 1 N–H and O–H groups in total. The molecule has 0 bridgehead atoms. The van der Waals surface area contributed by atoms with E-state index in [9.17, 15) is 4.79 Å². The van der Waals surface area contributed by atoms with Crippen LogP contribution in [0.1, 0.15) is 6.92 Å². The summed E-state index contributed by atoms with van der Waals surface area (Å²) in [6.45, 7) is 2.41. The van der Waals surface area contributed by atoms with Gasteiger partial charge in [-0.15, -0.1) is 10.2 Å². The van der Waals surface area contributed by atoms with Crippen LogP contribution >= 0.6 is 11.6 Å². The molecular weight excluding hydrogens is 332 g/mol. The number of benzene rings is 1. The van der Waals surface area contributed by atoms with Crippen LogP contribution in [-0.2, 0) is 17.9 Å². The lowest BCUT2D eigenvalue weighted by molar-refractivity contribution is -0.122. The van der Waals surface area contributed by atoms with Gasteiger partial charge in [0.25, 0.3) is 0 Å². The van der Waals surface area contributed by atoms with Gasteiger partial charge in [0.15, 0.2) is 0 Å². The average molecular weight is 347 g/mol. The van der Waals surface area contributed by atoms with Gasteiger partial charge in [0, 0.05) is 16.6 Å². The number of hydrogen-bond donors (Lipinski definition) is 1. The number of tetrazole rings is 1. The van der Waals surface area contributed by atoms with E-state index in [1.807, 2.05) is 6.92 Å². The van der Waals surface area contributed by atoms with Crippen LogP contribution in [0.15, 0.2) is 36.9 Å². The Hall–Kier alpha value is -2.81. The molecule has 10 heteroatoms. The summed E-state index contributed by atoms with van der Waals surface area (Å²) in [7, 11) is 0. The first kappa shape index (κ1) is 16.1. The molecule has 9 nitrogen and oxygen atoms in total. The molecule has 1 aromatic carbocycles. The summed E-state index contributed by atoms with van der Waals surface area (Å²) in [5, 5.41) is 19.5. The highest BCUT2D eigenvalue weighted by Gasteiger charge is 2.12. The topological polar surface area (TPSA) is 103 Å². The fourth-order valence-electron chi connectivity index (χ4n) is 2.13. The third kappa shape index (κ3) is 4.13. The fourth-order valence-corrected chi connectivity index (χ4v) is 2.25. The van der Waals surface area contributed by atoms with Gasteiger partial charge in [-0.25, -0.2) is 4.98 Å². The Bertz CT molecular complexity index is 799. The van der Waals surface area contributed by atoms with Crippen LogP contribution < -0.4 is 5.32 Å². The van der Waals surface area contributed by atoms with Crippen LogP contribution in [0.2, 0.25) is 5.02 Å². The molecule has 0 saturated carbocycles. The van der Waals surface area contributed by atoms with Crippen molar-refractivity contribution in [1.82, 2.24) is 40.3 Å². The van der Waals surface area contributed by atoms with Crippen molar-refractivity contribution in [3.63, 3.8) is 0 Å².